The van der Waals surface area contributed by atoms with E-state index in [-0.39, 0.29) is 24.4 Å². The van der Waals surface area contributed by atoms with Crippen molar-refractivity contribution in [2.45, 2.75) is 30.9 Å². The Morgan fingerprint density at radius 3 is 3.16 bits per heavy atom. The van der Waals surface area contributed by atoms with Crippen LogP contribution in [0.4, 0.5) is 0 Å². The fourth-order valence-corrected chi connectivity index (χ4v) is 3.37. The molecule has 2 aliphatic rings. The Balaban J connectivity index is 1.80. The van der Waals surface area contributed by atoms with Crippen molar-refractivity contribution in [1.82, 2.24) is 9.88 Å². The number of pyridine rings is 1. The third kappa shape index (κ3) is 2.03. The molecular weight excluding hydrogens is 242 g/mol. The fourth-order valence-electron chi connectivity index (χ4n) is 3.37. The average Bonchev–Trinajstić information content (AvgIpc) is 2.84. The number of nitrogens with zero attached hydrogens (tertiary/aromatic N) is 2. The minimum Gasteiger partial charge on any atom is -0.388 e. The summed E-state index contributed by atoms with van der Waals surface area (Å²) in [4.78, 5) is 18.3. The minimum absolute atomic E-state index is 0.0156. The van der Waals surface area contributed by atoms with E-state index in [4.69, 9.17) is 5.73 Å². The van der Waals surface area contributed by atoms with Crippen LogP contribution in [-0.4, -0.2) is 45.6 Å². The van der Waals surface area contributed by atoms with Gasteiger partial charge in [0, 0.05) is 37.4 Å². The summed E-state index contributed by atoms with van der Waals surface area (Å²) in [5, 5.41) is 10.5. The molecule has 5 heteroatoms. The Labute approximate surface area is 112 Å². The van der Waals surface area contributed by atoms with Gasteiger partial charge < -0.3 is 15.7 Å². The minimum atomic E-state index is -0.791. The number of carbonyl (C=O) groups excluding carboxylic acids is 1. The summed E-state index contributed by atoms with van der Waals surface area (Å²) in [7, 11) is 0. The maximum absolute atomic E-state index is 12.5. The summed E-state index contributed by atoms with van der Waals surface area (Å²) in [5.74, 6) is 0.124. The van der Waals surface area contributed by atoms with Crippen LogP contribution in [0.3, 0.4) is 0 Å². The largest absolute Gasteiger partial charge is 0.388 e. The number of likely N-dealkylation sites (tertiary alicyclic amines) is 1. The highest BCUT2D eigenvalue weighted by Gasteiger charge is 2.49. The van der Waals surface area contributed by atoms with E-state index in [1.165, 1.54) is 0 Å². The van der Waals surface area contributed by atoms with Crippen molar-refractivity contribution in [1.29, 1.82) is 0 Å². The van der Waals surface area contributed by atoms with E-state index in [0.29, 0.717) is 18.5 Å². The topological polar surface area (TPSA) is 79.5 Å². The van der Waals surface area contributed by atoms with Gasteiger partial charge in [0.1, 0.15) is 0 Å². The summed E-state index contributed by atoms with van der Waals surface area (Å²) in [6.45, 7) is 0.880. The summed E-state index contributed by atoms with van der Waals surface area (Å²) in [6.07, 6.45) is 5.64. The molecule has 1 aliphatic carbocycles. The van der Waals surface area contributed by atoms with Gasteiger partial charge in [0.2, 0.25) is 0 Å². The Hall–Kier alpha value is -1.46. The number of hydrogen-bond donors (Lipinski definition) is 2. The van der Waals surface area contributed by atoms with E-state index < -0.39 is 5.60 Å². The van der Waals surface area contributed by atoms with Crippen molar-refractivity contribution in [3.8, 4) is 0 Å². The summed E-state index contributed by atoms with van der Waals surface area (Å²) >= 11 is 0. The molecular formula is C14H19N3O2. The SMILES string of the molecule is NCC1(O)CCC2CC1CN2C(=O)c1cccnc1. The lowest BCUT2D eigenvalue weighted by Crippen LogP contribution is -2.47. The third-order valence-electron chi connectivity index (χ3n) is 4.61. The van der Waals surface area contributed by atoms with Crippen LogP contribution in [0.1, 0.15) is 29.6 Å². The molecule has 3 N–H and O–H groups in total. The molecule has 5 nitrogen and oxygen atoms in total. The molecule has 102 valence electrons. The molecule has 3 unspecified atom stereocenters. The predicted molar refractivity (Wildman–Crippen MR) is 70.4 cm³/mol. The molecule has 2 heterocycles. The number of hydrogen-bond acceptors (Lipinski definition) is 4. The molecule has 1 aromatic heterocycles. The molecule has 0 aromatic carbocycles. The van der Waals surface area contributed by atoms with Crippen LogP contribution in [0.2, 0.25) is 0 Å². The van der Waals surface area contributed by atoms with Crippen molar-refractivity contribution in [2.75, 3.05) is 13.1 Å². The number of amides is 1. The zero-order valence-electron chi connectivity index (χ0n) is 10.8. The van der Waals surface area contributed by atoms with Gasteiger partial charge in [-0.15, -0.1) is 0 Å². The van der Waals surface area contributed by atoms with Crippen LogP contribution in [0.15, 0.2) is 24.5 Å². The normalized spacial score (nSPS) is 33.5. The van der Waals surface area contributed by atoms with Gasteiger partial charge in [0.05, 0.1) is 11.2 Å². The van der Waals surface area contributed by atoms with Gasteiger partial charge >= 0.3 is 0 Å². The molecule has 1 saturated heterocycles. The Morgan fingerprint density at radius 1 is 1.63 bits per heavy atom. The molecule has 1 aliphatic heterocycles. The quantitative estimate of drug-likeness (QED) is 0.807. The first-order valence-corrected chi connectivity index (χ1v) is 6.77. The average molecular weight is 261 g/mol. The van der Waals surface area contributed by atoms with Crippen LogP contribution >= 0.6 is 0 Å². The summed E-state index contributed by atoms with van der Waals surface area (Å²) < 4.78 is 0. The smallest absolute Gasteiger partial charge is 0.255 e. The van der Waals surface area contributed by atoms with Gasteiger partial charge in [-0.25, -0.2) is 0 Å². The van der Waals surface area contributed by atoms with Gasteiger partial charge in [-0.05, 0) is 31.4 Å². The molecule has 3 rings (SSSR count). The van der Waals surface area contributed by atoms with Crippen molar-refractivity contribution in [3.63, 3.8) is 0 Å². The molecule has 2 fully saturated rings. The zero-order chi connectivity index (χ0) is 13.5. The maximum Gasteiger partial charge on any atom is 0.255 e. The highest BCUT2D eigenvalue weighted by atomic mass is 16.3. The molecule has 0 radical (unpaired) electrons. The molecule has 19 heavy (non-hydrogen) atoms. The standard InChI is InChI=1S/C14H19N3O2/c15-9-14(19)4-3-12-6-11(14)8-17(12)13(18)10-2-1-5-16-7-10/h1-2,5,7,11-12,19H,3-4,6,8-9,15H2. The third-order valence-corrected chi connectivity index (χ3v) is 4.61. The number of carbonyl (C=O) groups is 1. The second-order valence-corrected chi connectivity index (χ2v) is 5.63. The molecule has 1 amide bonds. The van der Waals surface area contributed by atoms with Gasteiger partial charge in [0.25, 0.3) is 5.91 Å². The first-order chi connectivity index (χ1) is 9.14. The van der Waals surface area contributed by atoms with Crippen molar-refractivity contribution in [2.24, 2.45) is 11.7 Å². The lowest BCUT2D eigenvalue weighted by molar-refractivity contribution is -0.0246. The number of aromatic nitrogens is 1. The van der Waals surface area contributed by atoms with Crippen LogP contribution in [-0.2, 0) is 0 Å². The van der Waals surface area contributed by atoms with Crippen LogP contribution in [0, 0.1) is 5.92 Å². The van der Waals surface area contributed by atoms with Crippen molar-refractivity contribution < 1.29 is 9.90 Å². The molecule has 3 atom stereocenters. The number of rotatable bonds is 2. The molecule has 1 saturated carbocycles. The van der Waals surface area contributed by atoms with Crippen molar-refractivity contribution >= 4 is 5.91 Å². The molecule has 2 bridgehead atoms. The van der Waals surface area contributed by atoms with Gasteiger partial charge in [0.15, 0.2) is 0 Å². The zero-order valence-corrected chi connectivity index (χ0v) is 10.8. The highest BCUT2D eigenvalue weighted by Crippen LogP contribution is 2.42. The van der Waals surface area contributed by atoms with E-state index in [1.54, 1.807) is 24.5 Å². The molecule has 1 aromatic rings. The van der Waals surface area contributed by atoms with Gasteiger partial charge in [-0.1, -0.05) is 0 Å². The maximum atomic E-state index is 12.5. The monoisotopic (exact) mass is 261 g/mol. The predicted octanol–water partition coefficient (Wildman–Crippen LogP) is 0.396. The Morgan fingerprint density at radius 2 is 2.47 bits per heavy atom. The summed E-state index contributed by atoms with van der Waals surface area (Å²) in [5.41, 5.74) is 5.52. The van der Waals surface area contributed by atoms with Crippen LogP contribution in [0.25, 0.3) is 0 Å². The Bertz CT molecular complexity index is 479. The first kappa shape index (κ1) is 12.6. The first-order valence-electron chi connectivity index (χ1n) is 6.77. The van der Waals surface area contributed by atoms with Gasteiger partial charge in [-0.2, -0.15) is 0 Å². The summed E-state index contributed by atoms with van der Waals surface area (Å²) in [6, 6.07) is 3.79. The van der Waals surface area contributed by atoms with Crippen molar-refractivity contribution in [3.05, 3.63) is 30.1 Å². The molecule has 0 spiro atoms. The second kappa shape index (κ2) is 4.58. The van der Waals surface area contributed by atoms with Crippen LogP contribution in [0.5, 0.6) is 0 Å². The number of nitrogens with two attached hydrogens (primary N) is 1. The lowest BCUT2D eigenvalue weighted by atomic mass is 9.76. The van der Waals surface area contributed by atoms with Gasteiger partial charge in [-0.3, -0.25) is 9.78 Å². The van der Waals surface area contributed by atoms with E-state index in [9.17, 15) is 9.90 Å². The van der Waals surface area contributed by atoms with Crippen LogP contribution < -0.4 is 5.73 Å². The van der Waals surface area contributed by atoms with E-state index in [0.717, 1.165) is 12.8 Å². The fraction of sp³-hybridized carbons (Fsp3) is 0.571. The lowest BCUT2D eigenvalue weighted by Gasteiger charge is -2.35. The highest BCUT2D eigenvalue weighted by molar-refractivity contribution is 5.94. The second-order valence-electron chi connectivity index (χ2n) is 5.63. The number of aliphatic hydroxyl groups is 1. The Kier molecular flexibility index (Phi) is 3.03. The number of fused-ring (bicyclic) bond motifs is 2. The van der Waals surface area contributed by atoms with E-state index in [2.05, 4.69) is 4.98 Å². The van der Waals surface area contributed by atoms with E-state index in [1.807, 2.05) is 4.90 Å². The van der Waals surface area contributed by atoms with E-state index >= 15 is 0 Å².